The van der Waals surface area contributed by atoms with Crippen molar-refractivity contribution in [3.05, 3.63) is 21.4 Å². The molecule has 2 aliphatic rings. The zero-order valence-corrected chi connectivity index (χ0v) is 12.3. The summed E-state index contributed by atoms with van der Waals surface area (Å²) >= 11 is 3.69. The van der Waals surface area contributed by atoms with Gasteiger partial charge in [-0.2, -0.15) is 11.8 Å². The van der Waals surface area contributed by atoms with Gasteiger partial charge >= 0.3 is 0 Å². The van der Waals surface area contributed by atoms with Crippen LogP contribution in [0.15, 0.2) is 6.07 Å². The highest BCUT2D eigenvalue weighted by molar-refractivity contribution is 7.98. The van der Waals surface area contributed by atoms with Gasteiger partial charge in [0, 0.05) is 36.8 Å². The van der Waals surface area contributed by atoms with E-state index in [1.807, 2.05) is 16.7 Å². The number of rotatable bonds is 1. The molecule has 0 bridgehead atoms. The monoisotopic (exact) mass is 282 g/mol. The number of piperazine rings is 1. The van der Waals surface area contributed by atoms with Gasteiger partial charge in [-0.1, -0.05) is 0 Å². The molecule has 0 saturated carbocycles. The molecule has 3 heterocycles. The van der Waals surface area contributed by atoms with Crippen molar-refractivity contribution in [3.63, 3.8) is 0 Å². The summed E-state index contributed by atoms with van der Waals surface area (Å²) in [5.74, 6) is 2.53. The maximum atomic E-state index is 12.4. The number of fused-ring (bicyclic) bond motifs is 1. The molecule has 0 aromatic carbocycles. The van der Waals surface area contributed by atoms with Gasteiger partial charge in [-0.3, -0.25) is 4.79 Å². The van der Waals surface area contributed by atoms with Crippen molar-refractivity contribution in [2.45, 2.75) is 12.2 Å². The first kappa shape index (κ1) is 12.5. The van der Waals surface area contributed by atoms with Crippen molar-refractivity contribution < 1.29 is 4.79 Å². The molecule has 0 aliphatic carbocycles. The Bertz CT molecular complexity index is 426. The summed E-state index contributed by atoms with van der Waals surface area (Å²) in [7, 11) is 2.11. The predicted molar refractivity (Wildman–Crippen MR) is 77.6 cm³/mol. The average molecular weight is 282 g/mol. The lowest BCUT2D eigenvalue weighted by Gasteiger charge is -2.32. The van der Waals surface area contributed by atoms with E-state index in [4.69, 9.17) is 0 Å². The number of thiophene rings is 1. The molecular formula is C13H18N2OS2. The van der Waals surface area contributed by atoms with Crippen LogP contribution in [0.3, 0.4) is 0 Å². The normalized spacial score (nSPS) is 20.8. The Balaban J connectivity index is 1.74. The standard InChI is InChI=1S/C13H18N2OS2/c1-14-3-5-15(6-4-14)13(16)12-8-10-9-17-7-2-11(10)18-12/h8H,2-7,9H2,1H3. The van der Waals surface area contributed by atoms with Crippen LogP contribution in [0.4, 0.5) is 0 Å². The molecular weight excluding hydrogens is 264 g/mol. The van der Waals surface area contributed by atoms with Crippen molar-refractivity contribution in [2.24, 2.45) is 0 Å². The lowest BCUT2D eigenvalue weighted by Crippen LogP contribution is -2.46. The van der Waals surface area contributed by atoms with E-state index in [2.05, 4.69) is 18.0 Å². The maximum Gasteiger partial charge on any atom is 0.264 e. The fourth-order valence-corrected chi connectivity index (χ4v) is 4.76. The van der Waals surface area contributed by atoms with Crippen LogP contribution in [-0.2, 0) is 12.2 Å². The second-order valence-electron chi connectivity index (χ2n) is 4.96. The lowest BCUT2D eigenvalue weighted by atomic mass is 10.2. The fraction of sp³-hybridized carbons (Fsp3) is 0.615. The van der Waals surface area contributed by atoms with Crippen LogP contribution in [0.5, 0.6) is 0 Å². The van der Waals surface area contributed by atoms with Gasteiger partial charge in [0.2, 0.25) is 0 Å². The number of nitrogens with zero attached hydrogens (tertiary/aromatic N) is 2. The van der Waals surface area contributed by atoms with Crippen LogP contribution < -0.4 is 0 Å². The van der Waals surface area contributed by atoms with E-state index in [1.54, 1.807) is 11.3 Å². The molecule has 1 aromatic rings. The molecule has 98 valence electrons. The van der Waals surface area contributed by atoms with Crippen molar-refractivity contribution >= 4 is 29.0 Å². The number of carbonyl (C=O) groups is 1. The van der Waals surface area contributed by atoms with E-state index < -0.39 is 0 Å². The van der Waals surface area contributed by atoms with Crippen molar-refractivity contribution in [3.8, 4) is 0 Å². The van der Waals surface area contributed by atoms with Gasteiger partial charge in [0.15, 0.2) is 0 Å². The third-order valence-corrected chi connectivity index (χ3v) is 5.86. The first-order chi connectivity index (χ1) is 8.74. The van der Waals surface area contributed by atoms with Gasteiger partial charge < -0.3 is 9.80 Å². The summed E-state index contributed by atoms with van der Waals surface area (Å²) in [6.07, 6.45) is 1.14. The van der Waals surface area contributed by atoms with Gasteiger partial charge in [0.25, 0.3) is 5.91 Å². The summed E-state index contributed by atoms with van der Waals surface area (Å²) in [6.45, 7) is 3.72. The Morgan fingerprint density at radius 2 is 2.06 bits per heavy atom. The van der Waals surface area contributed by atoms with E-state index in [1.165, 1.54) is 16.2 Å². The first-order valence-electron chi connectivity index (χ1n) is 6.41. The van der Waals surface area contributed by atoms with Crippen LogP contribution >= 0.6 is 23.1 Å². The minimum absolute atomic E-state index is 0.243. The van der Waals surface area contributed by atoms with E-state index in [0.29, 0.717) is 0 Å². The summed E-state index contributed by atoms with van der Waals surface area (Å²) < 4.78 is 0. The van der Waals surface area contributed by atoms with Crippen LogP contribution in [0.25, 0.3) is 0 Å². The zero-order valence-electron chi connectivity index (χ0n) is 10.6. The highest BCUT2D eigenvalue weighted by Gasteiger charge is 2.23. The Morgan fingerprint density at radius 3 is 2.78 bits per heavy atom. The predicted octanol–water partition coefficient (Wildman–Crippen LogP) is 1.93. The van der Waals surface area contributed by atoms with Gasteiger partial charge in [-0.05, 0) is 30.9 Å². The number of likely N-dealkylation sites (N-methyl/N-ethyl adjacent to an activating group) is 1. The topological polar surface area (TPSA) is 23.6 Å². The third kappa shape index (κ3) is 2.44. The molecule has 0 N–H and O–H groups in total. The number of thioether (sulfide) groups is 1. The van der Waals surface area contributed by atoms with Gasteiger partial charge in [-0.25, -0.2) is 0 Å². The highest BCUT2D eigenvalue weighted by atomic mass is 32.2. The van der Waals surface area contributed by atoms with E-state index >= 15 is 0 Å². The molecule has 0 atom stereocenters. The van der Waals surface area contributed by atoms with Gasteiger partial charge in [-0.15, -0.1) is 11.3 Å². The number of amides is 1. The molecule has 1 fully saturated rings. The summed E-state index contributed by atoms with van der Waals surface area (Å²) in [5, 5.41) is 0. The molecule has 2 aliphatic heterocycles. The largest absolute Gasteiger partial charge is 0.335 e. The molecule has 1 aromatic heterocycles. The van der Waals surface area contributed by atoms with E-state index in [0.717, 1.165) is 43.2 Å². The first-order valence-corrected chi connectivity index (χ1v) is 8.38. The number of aryl methyl sites for hydroxylation is 1. The summed E-state index contributed by atoms with van der Waals surface area (Å²) in [5.41, 5.74) is 1.40. The molecule has 18 heavy (non-hydrogen) atoms. The van der Waals surface area contributed by atoms with E-state index in [9.17, 15) is 4.79 Å². The van der Waals surface area contributed by atoms with Gasteiger partial charge in [0.05, 0.1) is 4.88 Å². The molecule has 5 heteroatoms. The van der Waals surface area contributed by atoms with Crippen molar-refractivity contribution in [1.29, 1.82) is 0 Å². The van der Waals surface area contributed by atoms with Crippen LogP contribution in [0.2, 0.25) is 0 Å². The molecule has 0 unspecified atom stereocenters. The minimum Gasteiger partial charge on any atom is -0.335 e. The molecule has 1 saturated heterocycles. The summed E-state index contributed by atoms with van der Waals surface area (Å²) in [4.78, 5) is 19.1. The second-order valence-corrected chi connectivity index (χ2v) is 7.20. The molecule has 0 radical (unpaired) electrons. The second kappa shape index (κ2) is 5.23. The van der Waals surface area contributed by atoms with Crippen molar-refractivity contribution in [2.75, 3.05) is 39.0 Å². The molecule has 3 nitrogen and oxygen atoms in total. The smallest absolute Gasteiger partial charge is 0.264 e. The average Bonchev–Trinajstić information content (AvgIpc) is 2.82. The van der Waals surface area contributed by atoms with Crippen molar-refractivity contribution in [1.82, 2.24) is 9.80 Å². The van der Waals surface area contributed by atoms with Crippen LogP contribution in [-0.4, -0.2) is 54.7 Å². The molecule has 3 rings (SSSR count). The Hall–Kier alpha value is -0.520. The number of hydrogen-bond acceptors (Lipinski definition) is 4. The fourth-order valence-electron chi connectivity index (χ4n) is 2.42. The highest BCUT2D eigenvalue weighted by Crippen LogP contribution is 2.32. The lowest BCUT2D eigenvalue weighted by molar-refractivity contribution is 0.0669. The SMILES string of the molecule is CN1CCN(C(=O)c2cc3c(s2)CCSC3)CC1. The van der Waals surface area contributed by atoms with Gasteiger partial charge in [0.1, 0.15) is 0 Å². The summed E-state index contributed by atoms with van der Waals surface area (Å²) in [6, 6.07) is 2.13. The number of carbonyl (C=O) groups excluding carboxylic acids is 1. The minimum atomic E-state index is 0.243. The Kier molecular flexibility index (Phi) is 3.63. The zero-order chi connectivity index (χ0) is 12.5. The quantitative estimate of drug-likeness (QED) is 0.786. The number of hydrogen-bond donors (Lipinski definition) is 0. The van der Waals surface area contributed by atoms with Crippen LogP contribution in [0.1, 0.15) is 20.1 Å². The van der Waals surface area contributed by atoms with Crippen LogP contribution in [0, 0.1) is 0 Å². The molecule has 1 amide bonds. The maximum absolute atomic E-state index is 12.4. The molecule has 0 spiro atoms. The Labute approximate surface area is 116 Å². The van der Waals surface area contributed by atoms with E-state index in [-0.39, 0.29) is 5.91 Å². The third-order valence-electron chi connectivity index (χ3n) is 3.63. The Morgan fingerprint density at radius 1 is 1.28 bits per heavy atom.